The van der Waals surface area contributed by atoms with Crippen LogP contribution in [0.2, 0.25) is 0 Å². The van der Waals surface area contributed by atoms with Crippen molar-refractivity contribution >= 4 is 23.7 Å². The van der Waals surface area contributed by atoms with Crippen molar-refractivity contribution in [2.45, 2.75) is 25.8 Å². The molecule has 152 valence electrons. The Hall–Kier alpha value is -3.72. The van der Waals surface area contributed by atoms with Crippen LogP contribution in [0.4, 0.5) is 0 Å². The summed E-state index contributed by atoms with van der Waals surface area (Å²) in [6.45, 7) is 3.13. The van der Waals surface area contributed by atoms with Crippen LogP contribution in [-0.2, 0) is 16.0 Å². The van der Waals surface area contributed by atoms with Gasteiger partial charge in [-0.05, 0) is 24.6 Å². The zero-order valence-corrected chi connectivity index (χ0v) is 17.3. The number of likely N-dealkylation sites (N-methyl/N-ethyl adjacent to an activating group) is 1. The first-order valence-corrected chi connectivity index (χ1v) is 9.54. The largest absolute Gasteiger partial charge is 0.311 e. The molecule has 1 aliphatic heterocycles. The van der Waals surface area contributed by atoms with E-state index in [2.05, 4.69) is 10.9 Å². The van der Waals surface area contributed by atoms with Gasteiger partial charge in [-0.2, -0.15) is 0 Å². The van der Waals surface area contributed by atoms with Crippen molar-refractivity contribution in [3.63, 3.8) is 0 Å². The Kier molecular flexibility index (Phi) is 5.84. The Labute approximate surface area is 176 Å². The zero-order valence-electron chi connectivity index (χ0n) is 17.3. The fourth-order valence-corrected chi connectivity index (χ4v) is 3.73. The number of hydrogen-bond acceptors (Lipinski definition) is 4. The quantitative estimate of drug-likeness (QED) is 0.439. The first-order chi connectivity index (χ1) is 14.3. The standard InChI is InChI=1S/C24H23N3O3/c1-5-14-27-22(29)20(15-19-12-9-13-25-21(19)17(2)28)26(4)23(30)24(27,3)16-18-10-7-6-8-11-18/h1,6-13,15H,14,16H2,2-4H3/b20-15-. The summed E-state index contributed by atoms with van der Waals surface area (Å²) in [4.78, 5) is 45.7. The van der Waals surface area contributed by atoms with Gasteiger partial charge in [0.05, 0.1) is 6.54 Å². The second-order valence-corrected chi connectivity index (χ2v) is 7.42. The summed E-state index contributed by atoms with van der Waals surface area (Å²) in [5, 5.41) is 0. The van der Waals surface area contributed by atoms with Crippen molar-refractivity contribution < 1.29 is 14.4 Å². The number of rotatable bonds is 5. The molecule has 0 bridgehead atoms. The van der Waals surface area contributed by atoms with E-state index in [0.29, 0.717) is 12.0 Å². The van der Waals surface area contributed by atoms with Crippen LogP contribution in [0.25, 0.3) is 6.08 Å². The monoisotopic (exact) mass is 401 g/mol. The third-order valence-corrected chi connectivity index (χ3v) is 5.29. The van der Waals surface area contributed by atoms with Gasteiger partial charge in [-0.3, -0.25) is 19.4 Å². The number of ketones is 1. The van der Waals surface area contributed by atoms with Crippen molar-refractivity contribution in [1.29, 1.82) is 0 Å². The predicted molar refractivity (Wildman–Crippen MR) is 114 cm³/mol. The molecule has 1 aliphatic rings. The summed E-state index contributed by atoms with van der Waals surface area (Å²) in [6, 6.07) is 12.9. The van der Waals surface area contributed by atoms with Gasteiger partial charge in [-0.15, -0.1) is 6.42 Å². The number of terminal acetylenes is 1. The summed E-state index contributed by atoms with van der Waals surface area (Å²) in [5.41, 5.74) is 0.654. The summed E-state index contributed by atoms with van der Waals surface area (Å²) in [6.07, 6.45) is 8.91. The van der Waals surface area contributed by atoms with Crippen LogP contribution < -0.4 is 0 Å². The van der Waals surface area contributed by atoms with Crippen LogP contribution in [0.3, 0.4) is 0 Å². The average Bonchev–Trinajstić information content (AvgIpc) is 2.74. The summed E-state index contributed by atoms with van der Waals surface area (Å²) < 4.78 is 0. The molecule has 1 aromatic heterocycles. The van der Waals surface area contributed by atoms with Gasteiger partial charge >= 0.3 is 0 Å². The summed E-state index contributed by atoms with van der Waals surface area (Å²) >= 11 is 0. The molecule has 0 saturated carbocycles. The molecule has 2 aromatic rings. The van der Waals surface area contributed by atoms with Crippen LogP contribution in [0.5, 0.6) is 0 Å². The zero-order chi connectivity index (χ0) is 21.9. The number of piperazine rings is 1. The molecule has 6 heteroatoms. The first kappa shape index (κ1) is 21.0. The number of benzene rings is 1. The molecule has 0 N–H and O–H groups in total. The average molecular weight is 401 g/mol. The molecule has 0 spiro atoms. The first-order valence-electron chi connectivity index (χ1n) is 9.54. The Morgan fingerprint density at radius 3 is 2.53 bits per heavy atom. The minimum absolute atomic E-state index is 0.00824. The normalized spacial score (nSPS) is 20.4. The minimum Gasteiger partial charge on any atom is -0.311 e. The van der Waals surface area contributed by atoms with E-state index in [4.69, 9.17) is 6.42 Å². The van der Waals surface area contributed by atoms with Crippen molar-refractivity contribution in [3.8, 4) is 12.3 Å². The van der Waals surface area contributed by atoms with Gasteiger partial charge < -0.3 is 9.80 Å². The van der Waals surface area contributed by atoms with Crippen LogP contribution in [0, 0.1) is 12.3 Å². The Bertz CT molecular complexity index is 1070. The second-order valence-electron chi connectivity index (χ2n) is 7.42. The van der Waals surface area contributed by atoms with Crippen LogP contribution in [-0.4, -0.2) is 51.5 Å². The van der Waals surface area contributed by atoms with Gasteiger partial charge in [-0.1, -0.05) is 42.3 Å². The smallest absolute Gasteiger partial charge is 0.272 e. The number of aromatic nitrogens is 1. The van der Waals surface area contributed by atoms with Crippen LogP contribution in [0.15, 0.2) is 54.4 Å². The van der Waals surface area contributed by atoms with Gasteiger partial charge in [0.25, 0.3) is 11.8 Å². The Morgan fingerprint density at radius 2 is 1.90 bits per heavy atom. The van der Waals surface area contributed by atoms with E-state index >= 15 is 0 Å². The highest BCUT2D eigenvalue weighted by Crippen LogP contribution is 2.32. The number of Topliss-reactive ketones (excluding diaryl/α,β-unsaturated/α-hetero) is 1. The number of nitrogens with zero attached hydrogens (tertiary/aromatic N) is 3. The van der Waals surface area contributed by atoms with Gasteiger partial charge in [0.1, 0.15) is 16.9 Å². The van der Waals surface area contributed by atoms with Crippen molar-refractivity contribution in [2.24, 2.45) is 0 Å². The van der Waals surface area contributed by atoms with Gasteiger partial charge in [0, 0.05) is 32.2 Å². The molecule has 6 nitrogen and oxygen atoms in total. The molecule has 1 unspecified atom stereocenters. The third-order valence-electron chi connectivity index (χ3n) is 5.29. The maximum absolute atomic E-state index is 13.4. The van der Waals surface area contributed by atoms with Gasteiger partial charge in [0.15, 0.2) is 5.78 Å². The molecule has 0 aliphatic carbocycles. The molecule has 1 aromatic carbocycles. The van der Waals surface area contributed by atoms with E-state index in [1.165, 1.54) is 29.0 Å². The number of amides is 2. The van der Waals surface area contributed by atoms with Crippen molar-refractivity contribution in [2.75, 3.05) is 13.6 Å². The number of pyridine rings is 1. The molecule has 30 heavy (non-hydrogen) atoms. The maximum Gasteiger partial charge on any atom is 0.272 e. The van der Waals surface area contributed by atoms with Gasteiger partial charge in [-0.25, -0.2) is 0 Å². The molecule has 2 amide bonds. The van der Waals surface area contributed by atoms with Crippen molar-refractivity contribution in [1.82, 2.24) is 14.8 Å². The molecule has 0 radical (unpaired) electrons. The summed E-state index contributed by atoms with van der Waals surface area (Å²) in [5.74, 6) is 1.65. The van der Waals surface area contributed by atoms with E-state index in [0.717, 1.165) is 5.56 Å². The van der Waals surface area contributed by atoms with Crippen molar-refractivity contribution in [3.05, 3.63) is 71.2 Å². The highest BCUT2D eigenvalue weighted by Gasteiger charge is 2.50. The minimum atomic E-state index is -1.13. The third kappa shape index (κ3) is 3.74. The number of hydrogen-bond donors (Lipinski definition) is 0. The number of carbonyl (C=O) groups excluding carboxylic acids is 3. The highest BCUT2D eigenvalue weighted by atomic mass is 16.2. The second kappa shape index (κ2) is 8.34. The Balaban J connectivity index is 2.08. The Morgan fingerprint density at radius 1 is 1.20 bits per heavy atom. The SMILES string of the molecule is C#CCN1C(=O)/C(=C/c2cccnc2C(C)=O)N(C)C(=O)C1(C)Cc1ccccc1. The molecule has 1 fully saturated rings. The molecule has 1 atom stereocenters. The van der Waals surface area contributed by atoms with Crippen LogP contribution >= 0.6 is 0 Å². The lowest BCUT2D eigenvalue weighted by Gasteiger charge is -2.46. The predicted octanol–water partition coefficient (Wildman–Crippen LogP) is 2.56. The lowest BCUT2D eigenvalue weighted by molar-refractivity contribution is -0.156. The van der Waals surface area contributed by atoms with E-state index < -0.39 is 5.54 Å². The van der Waals surface area contributed by atoms with E-state index in [1.54, 1.807) is 26.1 Å². The van der Waals surface area contributed by atoms with E-state index in [1.807, 2.05) is 30.3 Å². The number of carbonyl (C=O) groups is 3. The van der Waals surface area contributed by atoms with Gasteiger partial charge in [0.2, 0.25) is 0 Å². The molecular formula is C24H23N3O3. The molecular weight excluding hydrogens is 378 g/mol. The lowest BCUT2D eigenvalue weighted by atomic mass is 9.86. The highest BCUT2D eigenvalue weighted by molar-refractivity contribution is 6.09. The summed E-state index contributed by atoms with van der Waals surface area (Å²) in [7, 11) is 1.56. The topological polar surface area (TPSA) is 70.6 Å². The molecule has 3 rings (SSSR count). The molecule has 1 saturated heterocycles. The van der Waals surface area contributed by atoms with E-state index in [-0.39, 0.29) is 35.5 Å². The fraction of sp³-hybridized carbons (Fsp3) is 0.250. The van der Waals surface area contributed by atoms with Crippen LogP contribution in [0.1, 0.15) is 35.5 Å². The lowest BCUT2D eigenvalue weighted by Crippen LogP contribution is -2.66. The fourth-order valence-electron chi connectivity index (χ4n) is 3.73. The van der Waals surface area contributed by atoms with E-state index in [9.17, 15) is 14.4 Å². The molecule has 2 heterocycles. The maximum atomic E-state index is 13.4.